The Morgan fingerprint density at radius 2 is 1.33 bits per heavy atom. The molecule has 0 spiro atoms. The molecule has 8 heteroatoms. The summed E-state index contributed by atoms with van der Waals surface area (Å²) in [6.07, 6.45) is 1.72. The van der Waals surface area contributed by atoms with E-state index in [0.717, 1.165) is 11.3 Å². The Bertz CT molecular complexity index is 1330. The van der Waals surface area contributed by atoms with Crippen molar-refractivity contribution in [3.05, 3.63) is 121 Å². The van der Waals surface area contributed by atoms with Gasteiger partial charge in [0.25, 0.3) is 0 Å². The van der Waals surface area contributed by atoms with Gasteiger partial charge in [-0.1, -0.05) is 75.4 Å². The first kappa shape index (κ1) is 28.6. The highest BCUT2D eigenvalue weighted by Gasteiger charge is 2.42. The van der Waals surface area contributed by atoms with Crippen molar-refractivity contribution in [1.29, 1.82) is 0 Å². The van der Waals surface area contributed by atoms with Crippen LogP contribution in [-0.4, -0.2) is 13.3 Å². The van der Waals surface area contributed by atoms with E-state index in [1.54, 1.807) is 30.5 Å². The molecule has 0 fully saturated rings. The van der Waals surface area contributed by atoms with Crippen LogP contribution in [0.3, 0.4) is 0 Å². The highest BCUT2D eigenvalue weighted by molar-refractivity contribution is 7.55. The molecule has 0 aliphatic rings. The Kier molecular flexibility index (Phi) is 8.96. The molecule has 1 aromatic heterocycles. The Labute approximate surface area is 233 Å². The van der Waals surface area contributed by atoms with Gasteiger partial charge in [-0.15, -0.1) is 0 Å². The Morgan fingerprint density at radius 3 is 1.85 bits per heavy atom. The van der Waals surface area contributed by atoms with Crippen molar-refractivity contribution >= 4 is 21.6 Å². The van der Waals surface area contributed by atoms with Gasteiger partial charge >= 0.3 is 7.60 Å². The first-order valence-electron chi connectivity index (χ1n) is 13.1. The minimum absolute atomic E-state index is 0.0863. The molecule has 1 heterocycles. The van der Waals surface area contributed by atoms with E-state index in [9.17, 15) is 4.57 Å². The van der Waals surface area contributed by atoms with Crippen LogP contribution < -0.4 is 14.4 Å². The fourth-order valence-electron chi connectivity index (χ4n) is 3.60. The number of pyridine rings is 1. The lowest BCUT2D eigenvalue weighted by Crippen LogP contribution is -2.40. The number of nitrogens with zero attached hydrogens (tertiary/aromatic N) is 1. The van der Waals surface area contributed by atoms with Crippen molar-refractivity contribution in [2.45, 2.75) is 51.3 Å². The molecule has 4 rings (SSSR count). The fraction of sp³-hybridized carbons (Fsp3) is 0.258. The van der Waals surface area contributed by atoms with Crippen molar-refractivity contribution in [1.82, 2.24) is 4.98 Å². The number of anilines is 1. The molecule has 3 aromatic carbocycles. The highest BCUT2D eigenvalue weighted by atomic mass is 31.2. The molecular weight excluding hydrogens is 523 g/mol. The maximum absolute atomic E-state index is 14.8. The average molecular weight is 561 g/mol. The van der Waals surface area contributed by atoms with E-state index in [4.69, 9.17) is 13.5 Å². The van der Waals surface area contributed by atoms with Crippen LogP contribution >= 0.6 is 7.60 Å². The fourth-order valence-corrected chi connectivity index (χ4v) is 6.41. The predicted octanol–water partition coefficient (Wildman–Crippen LogP) is 9.07. The van der Waals surface area contributed by atoms with Gasteiger partial charge in [-0.25, -0.2) is 4.57 Å². The second-order valence-corrected chi connectivity index (χ2v) is 17.7. The van der Waals surface area contributed by atoms with Crippen LogP contribution in [0.1, 0.15) is 37.8 Å². The zero-order valence-electron chi connectivity index (χ0n) is 23.2. The number of hydrogen-bond donors (Lipinski definition) is 1. The van der Waals surface area contributed by atoms with Gasteiger partial charge in [-0.05, 0) is 72.2 Å². The van der Waals surface area contributed by atoms with Gasteiger partial charge in [0.15, 0.2) is 14.1 Å². The van der Waals surface area contributed by atoms with Crippen LogP contribution in [0.25, 0.3) is 0 Å². The topological polar surface area (TPSA) is 69.7 Å². The monoisotopic (exact) mass is 560 g/mol. The summed E-state index contributed by atoms with van der Waals surface area (Å²) in [5.74, 6) is -0.0313. The van der Waals surface area contributed by atoms with Crippen LogP contribution in [-0.2, 0) is 15.6 Å². The van der Waals surface area contributed by atoms with E-state index in [2.05, 4.69) is 44.2 Å². The van der Waals surface area contributed by atoms with Gasteiger partial charge in [0.2, 0.25) is 0 Å². The molecule has 0 radical (unpaired) electrons. The molecular formula is C31H37N2O4PSi. The van der Waals surface area contributed by atoms with Gasteiger partial charge in [-0.3, -0.25) is 4.98 Å². The van der Waals surface area contributed by atoms with Crippen molar-refractivity contribution in [2.75, 3.05) is 5.32 Å². The molecule has 0 aliphatic carbocycles. The van der Waals surface area contributed by atoms with Crippen molar-refractivity contribution in [3.63, 3.8) is 0 Å². The standard InChI is InChI=1S/C31H37N2O4PSi/c1-31(2,3)39(4,5)35-24-25-21-22-32-29(23-25)30(33-26-15-9-6-10-16-26)38(34,36-27-17-11-7-12-18-27)37-28-19-13-8-14-20-28/h6-23,30,33H,24H2,1-5H3. The first-order valence-corrected chi connectivity index (χ1v) is 17.6. The van der Waals surface area contributed by atoms with E-state index in [0.29, 0.717) is 23.8 Å². The van der Waals surface area contributed by atoms with Crippen LogP contribution in [0.15, 0.2) is 109 Å². The quantitative estimate of drug-likeness (QED) is 0.146. The van der Waals surface area contributed by atoms with E-state index < -0.39 is 21.7 Å². The number of hydrogen-bond acceptors (Lipinski definition) is 6. The molecule has 39 heavy (non-hydrogen) atoms. The van der Waals surface area contributed by atoms with Crippen LogP contribution in [0.4, 0.5) is 5.69 Å². The van der Waals surface area contributed by atoms with E-state index in [1.807, 2.05) is 78.9 Å². The Balaban J connectivity index is 1.75. The van der Waals surface area contributed by atoms with Gasteiger partial charge < -0.3 is 18.8 Å². The number of nitrogens with one attached hydrogen (secondary N) is 1. The highest BCUT2D eigenvalue weighted by Crippen LogP contribution is 2.59. The third kappa shape index (κ3) is 7.60. The minimum atomic E-state index is -3.96. The summed E-state index contributed by atoms with van der Waals surface area (Å²) in [5.41, 5.74) is 2.24. The summed E-state index contributed by atoms with van der Waals surface area (Å²) in [6.45, 7) is 11.5. The third-order valence-electron chi connectivity index (χ3n) is 6.88. The van der Waals surface area contributed by atoms with Gasteiger partial charge in [0.1, 0.15) is 11.5 Å². The molecule has 4 aromatic rings. The number of aromatic nitrogens is 1. The molecule has 0 bridgehead atoms. The zero-order valence-corrected chi connectivity index (χ0v) is 25.1. The molecule has 204 valence electrons. The van der Waals surface area contributed by atoms with E-state index >= 15 is 0 Å². The molecule has 1 unspecified atom stereocenters. The van der Waals surface area contributed by atoms with Crippen LogP contribution in [0.5, 0.6) is 11.5 Å². The average Bonchev–Trinajstić information content (AvgIpc) is 2.92. The smallest absolute Gasteiger partial charge is 0.414 e. The summed E-state index contributed by atoms with van der Waals surface area (Å²) < 4.78 is 33.7. The molecule has 1 atom stereocenters. The molecule has 0 amide bonds. The number of rotatable bonds is 11. The normalized spacial score (nSPS) is 12.9. The zero-order chi connectivity index (χ0) is 27.9. The van der Waals surface area contributed by atoms with Crippen molar-refractivity contribution in [2.24, 2.45) is 0 Å². The van der Waals surface area contributed by atoms with Gasteiger partial charge in [0.05, 0.1) is 12.3 Å². The summed E-state index contributed by atoms with van der Waals surface area (Å²) in [5, 5.41) is 3.48. The largest absolute Gasteiger partial charge is 0.459 e. The maximum atomic E-state index is 14.8. The van der Waals surface area contributed by atoms with E-state index in [-0.39, 0.29) is 5.04 Å². The number of benzene rings is 3. The summed E-state index contributed by atoms with van der Waals surface area (Å²) in [6, 6.07) is 31.6. The Hall–Kier alpha value is -3.38. The summed E-state index contributed by atoms with van der Waals surface area (Å²) >= 11 is 0. The van der Waals surface area contributed by atoms with Crippen molar-refractivity contribution < 1.29 is 18.0 Å². The molecule has 0 saturated heterocycles. The summed E-state index contributed by atoms with van der Waals surface area (Å²) in [7, 11) is -5.94. The van der Waals surface area contributed by atoms with Crippen LogP contribution in [0.2, 0.25) is 18.1 Å². The SMILES string of the molecule is CC(C)(C)[Si](C)(C)OCc1ccnc(C(Nc2ccccc2)P(=O)(Oc2ccccc2)Oc2ccccc2)c1. The van der Waals surface area contributed by atoms with Crippen molar-refractivity contribution in [3.8, 4) is 11.5 Å². The van der Waals surface area contributed by atoms with Crippen LogP contribution in [0, 0.1) is 0 Å². The molecule has 0 saturated carbocycles. The van der Waals surface area contributed by atoms with Gasteiger partial charge in [0, 0.05) is 11.9 Å². The lowest BCUT2D eigenvalue weighted by Gasteiger charge is -2.36. The third-order valence-corrected chi connectivity index (χ3v) is 13.3. The van der Waals surface area contributed by atoms with E-state index in [1.165, 1.54) is 0 Å². The Morgan fingerprint density at radius 1 is 0.821 bits per heavy atom. The number of para-hydroxylation sites is 3. The molecule has 1 N–H and O–H groups in total. The van der Waals surface area contributed by atoms with Gasteiger partial charge in [-0.2, -0.15) is 0 Å². The summed E-state index contributed by atoms with van der Waals surface area (Å²) in [4.78, 5) is 4.64. The lowest BCUT2D eigenvalue weighted by atomic mass is 10.2. The lowest BCUT2D eigenvalue weighted by molar-refractivity contribution is 0.276. The molecule has 6 nitrogen and oxygen atoms in total. The predicted molar refractivity (Wildman–Crippen MR) is 161 cm³/mol. The maximum Gasteiger partial charge on any atom is 0.459 e. The second-order valence-electron chi connectivity index (χ2n) is 10.9. The molecule has 0 aliphatic heterocycles. The second kappa shape index (κ2) is 12.2. The minimum Gasteiger partial charge on any atom is -0.414 e. The first-order chi connectivity index (χ1) is 18.6.